The molecule has 0 radical (unpaired) electrons. The van der Waals surface area contributed by atoms with Gasteiger partial charge in [0.05, 0.1) is 42.2 Å². The number of methoxy groups -OCH3 is 1. The molecular weight excluding hydrogens is 596 g/mol. The number of aliphatic hydroxyl groups is 1. The molecule has 1 atom stereocenters. The summed E-state index contributed by atoms with van der Waals surface area (Å²) in [6.07, 6.45) is 0.866. The molecular formula is C34H34N2O8S. The fraction of sp³-hybridized carbons (Fsp3) is 0.324. The van der Waals surface area contributed by atoms with E-state index in [0.29, 0.717) is 82.9 Å². The Morgan fingerprint density at radius 3 is 2.58 bits per heavy atom. The number of aliphatic hydroxyl groups excluding tert-OH is 1. The minimum atomic E-state index is -1.01. The minimum absolute atomic E-state index is 0.0792. The second-order valence-corrected chi connectivity index (χ2v) is 12.0. The van der Waals surface area contributed by atoms with Gasteiger partial charge in [-0.3, -0.25) is 14.5 Å². The van der Waals surface area contributed by atoms with Gasteiger partial charge in [-0.15, -0.1) is 0 Å². The van der Waals surface area contributed by atoms with Gasteiger partial charge in [0.1, 0.15) is 24.7 Å². The molecule has 10 nitrogen and oxygen atoms in total. The smallest absolute Gasteiger partial charge is 0.301 e. The molecule has 0 aliphatic carbocycles. The second-order valence-electron chi connectivity index (χ2n) is 11.0. The van der Waals surface area contributed by atoms with Crippen LogP contribution in [-0.4, -0.2) is 55.3 Å². The number of benzene rings is 3. The van der Waals surface area contributed by atoms with Gasteiger partial charge < -0.3 is 28.8 Å². The largest absolute Gasteiger partial charge is 0.507 e. The van der Waals surface area contributed by atoms with Crippen LogP contribution in [0.1, 0.15) is 44.4 Å². The first-order chi connectivity index (χ1) is 21.8. The van der Waals surface area contributed by atoms with Gasteiger partial charge in [-0.05, 0) is 73.4 Å². The quantitative estimate of drug-likeness (QED) is 0.119. The zero-order valence-corrected chi connectivity index (χ0v) is 26.3. The van der Waals surface area contributed by atoms with E-state index in [9.17, 15) is 14.7 Å². The number of anilines is 1. The average molecular weight is 631 g/mol. The fourth-order valence-electron chi connectivity index (χ4n) is 5.30. The number of nitrogens with zero attached hydrogens (tertiary/aromatic N) is 2. The van der Waals surface area contributed by atoms with Crippen molar-refractivity contribution in [2.45, 2.75) is 33.2 Å². The van der Waals surface area contributed by atoms with Crippen molar-refractivity contribution in [3.8, 4) is 28.7 Å². The van der Waals surface area contributed by atoms with Crippen molar-refractivity contribution in [1.82, 2.24) is 4.98 Å². The summed E-state index contributed by atoms with van der Waals surface area (Å²) >= 11 is 1.25. The van der Waals surface area contributed by atoms with E-state index in [1.54, 1.807) is 55.6 Å². The summed E-state index contributed by atoms with van der Waals surface area (Å²) in [6, 6.07) is 14.6. The van der Waals surface area contributed by atoms with Crippen LogP contribution in [0.3, 0.4) is 0 Å². The maximum Gasteiger partial charge on any atom is 0.301 e. The third-order valence-electron chi connectivity index (χ3n) is 7.59. The number of hydrogen-bond donors (Lipinski definition) is 1. The number of thiazole rings is 1. The van der Waals surface area contributed by atoms with Gasteiger partial charge >= 0.3 is 5.91 Å². The summed E-state index contributed by atoms with van der Waals surface area (Å²) in [5.74, 6) is 1.13. The molecule has 0 unspecified atom stereocenters. The predicted molar refractivity (Wildman–Crippen MR) is 171 cm³/mol. The SMILES string of the molecule is CCOc1cc([C@H]2C(=C(O)c3ccc4c(c3)OCCO4)C(=O)C(=O)N2c2nc3ccc(OC)cc3s2)ccc1OCCC(C)C. The molecule has 6 rings (SSSR count). The highest BCUT2D eigenvalue weighted by Gasteiger charge is 2.48. The van der Waals surface area contributed by atoms with Gasteiger partial charge in [-0.25, -0.2) is 4.98 Å². The Morgan fingerprint density at radius 2 is 1.82 bits per heavy atom. The summed E-state index contributed by atoms with van der Waals surface area (Å²) in [4.78, 5) is 33.7. The number of carbonyl (C=O) groups excluding carboxylic acids is 2. The molecule has 4 aromatic rings. The molecule has 3 aromatic carbocycles. The number of ether oxygens (including phenoxy) is 5. The number of ketones is 1. The van der Waals surface area contributed by atoms with Gasteiger partial charge in [-0.1, -0.05) is 31.3 Å². The summed E-state index contributed by atoms with van der Waals surface area (Å²) in [5, 5.41) is 12.0. The van der Waals surface area contributed by atoms with Crippen LogP contribution in [0.2, 0.25) is 0 Å². The molecule has 45 heavy (non-hydrogen) atoms. The molecule has 1 amide bonds. The van der Waals surface area contributed by atoms with Crippen LogP contribution in [0.5, 0.6) is 28.7 Å². The van der Waals surface area contributed by atoms with Crippen molar-refractivity contribution < 1.29 is 38.4 Å². The average Bonchev–Trinajstić information content (AvgIpc) is 3.58. The van der Waals surface area contributed by atoms with Gasteiger partial charge in [0.15, 0.2) is 28.1 Å². The second kappa shape index (κ2) is 12.7. The van der Waals surface area contributed by atoms with E-state index < -0.39 is 17.7 Å². The fourth-order valence-corrected chi connectivity index (χ4v) is 6.32. The molecule has 2 aliphatic heterocycles. The number of fused-ring (bicyclic) bond motifs is 2. The number of amides is 1. The monoisotopic (exact) mass is 630 g/mol. The van der Waals surface area contributed by atoms with Gasteiger partial charge in [0.2, 0.25) is 0 Å². The lowest BCUT2D eigenvalue weighted by Gasteiger charge is -2.24. The number of Topliss-reactive ketones (excluding diaryl/α,β-unsaturated/α-hetero) is 1. The lowest BCUT2D eigenvalue weighted by atomic mass is 9.95. The van der Waals surface area contributed by atoms with Gasteiger partial charge in [-0.2, -0.15) is 0 Å². The maximum absolute atomic E-state index is 13.8. The van der Waals surface area contributed by atoms with Crippen molar-refractivity contribution >= 4 is 44.1 Å². The van der Waals surface area contributed by atoms with Gasteiger partial charge in [0, 0.05) is 5.56 Å². The van der Waals surface area contributed by atoms with Crippen LogP contribution >= 0.6 is 11.3 Å². The maximum atomic E-state index is 13.8. The van der Waals surface area contributed by atoms with E-state index in [1.165, 1.54) is 16.2 Å². The molecule has 1 aromatic heterocycles. The van der Waals surface area contributed by atoms with E-state index >= 15 is 0 Å². The Morgan fingerprint density at radius 1 is 1.02 bits per heavy atom. The molecule has 2 aliphatic rings. The lowest BCUT2D eigenvalue weighted by molar-refractivity contribution is -0.132. The summed E-state index contributed by atoms with van der Waals surface area (Å²) in [7, 11) is 1.58. The van der Waals surface area contributed by atoms with Gasteiger partial charge in [0.25, 0.3) is 5.78 Å². The van der Waals surface area contributed by atoms with E-state index in [1.807, 2.05) is 13.0 Å². The van der Waals surface area contributed by atoms with E-state index in [-0.39, 0.29) is 11.3 Å². The Labute approximate surface area is 264 Å². The number of hydrogen-bond acceptors (Lipinski definition) is 10. The third-order valence-corrected chi connectivity index (χ3v) is 8.60. The number of aromatic nitrogens is 1. The molecule has 1 N–H and O–H groups in total. The Balaban J connectivity index is 1.50. The van der Waals surface area contributed by atoms with Crippen LogP contribution in [0.25, 0.3) is 16.0 Å². The van der Waals surface area contributed by atoms with Crippen LogP contribution in [0.4, 0.5) is 5.13 Å². The molecule has 234 valence electrons. The van der Waals surface area contributed by atoms with Crippen molar-refractivity contribution in [3.05, 3.63) is 71.3 Å². The van der Waals surface area contributed by atoms with Crippen LogP contribution in [0.15, 0.2) is 60.2 Å². The first kappa shape index (κ1) is 30.3. The summed E-state index contributed by atoms with van der Waals surface area (Å²) in [5.41, 5.74) is 1.43. The molecule has 11 heteroatoms. The molecule has 0 spiro atoms. The highest BCUT2D eigenvalue weighted by atomic mass is 32.1. The van der Waals surface area contributed by atoms with Crippen molar-refractivity contribution in [1.29, 1.82) is 0 Å². The first-order valence-corrected chi connectivity index (χ1v) is 15.7. The van der Waals surface area contributed by atoms with Crippen molar-refractivity contribution in [2.75, 3.05) is 38.4 Å². The highest BCUT2D eigenvalue weighted by Crippen LogP contribution is 2.47. The zero-order valence-electron chi connectivity index (χ0n) is 25.5. The molecule has 0 saturated carbocycles. The van der Waals surface area contributed by atoms with Crippen molar-refractivity contribution in [3.63, 3.8) is 0 Å². The zero-order chi connectivity index (χ0) is 31.7. The third kappa shape index (κ3) is 5.87. The highest BCUT2D eigenvalue weighted by molar-refractivity contribution is 7.22. The summed E-state index contributed by atoms with van der Waals surface area (Å²) < 4.78 is 29.5. The Bertz CT molecular complexity index is 1800. The number of carbonyl (C=O) groups is 2. The molecule has 1 saturated heterocycles. The van der Waals surface area contributed by atoms with Crippen molar-refractivity contribution in [2.24, 2.45) is 5.92 Å². The van der Waals surface area contributed by atoms with E-state index in [4.69, 9.17) is 28.7 Å². The van der Waals surface area contributed by atoms with Crippen LogP contribution in [0, 0.1) is 5.92 Å². The normalized spacial score (nSPS) is 17.3. The lowest BCUT2D eigenvalue weighted by Crippen LogP contribution is -2.29. The first-order valence-electron chi connectivity index (χ1n) is 14.8. The predicted octanol–water partition coefficient (Wildman–Crippen LogP) is 6.53. The Hall–Kier alpha value is -4.77. The Kier molecular flexibility index (Phi) is 8.53. The molecule has 3 heterocycles. The van der Waals surface area contributed by atoms with E-state index in [2.05, 4.69) is 13.8 Å². The van der Waals surface area contributed by atoms with Crippen LogP contribution < -0.4 is 28.6 Å². The minimum Gasteiger partial charge on any atom is -0.507 e. The molecule has 1 fully saturated rings. The van der Waals surface area contributed by atoms with Crippen LogP contribution in [-0.2, 0) is 9.59 Å². The van der Waals surface area contributed by atoms with E-state index in [0.717, 1.165) is 11.1 Å². The molecule has 0 bridgehead atoms. The topological polar surface area (TPSA) is 117 Å². The summed E-state index contributed by atoms with van der Waals surface area (Å²) in [6.45, 7) is 7.77. The number of rotatable bonds is 10. The standard InChI is InChI=1S/C34H34N2O8S/c1-5-41-26-16-20(6-10-24(26)42-13-12-19(2)3)30-29(31(37)21-7-11-25-27(17-21)44-15-14-43-25)32(38)33(39)36(30)34-35-23-9-8-22(40-4)18-28(23)45-34/h6-11,16-19,30,37H,5,12-15H2,1-4H3/t30-/m0/s1.